The fourth-order valence-electron chi connectivity index (χ4n) is 3.44. The highest BCUT2D eigenvalue weighted by atomic mass is 32.2. The Morgan fingerprint density at radius 2 is 2.08 bits per heavy atom. The summed E-state index contributed by atoms with van der Waals surface area (Å²) in [4.78, 5) is 62.5. The number of amides is 2. The van der Waals surface area contributed by atoms with Crippen molar-refractivity contribution in [1.29, 1.82) is 0 Å². The van der Waals surface area contributed by atoms with E-state index >= 15 is 0 Å². The van der Waals surface area contributed by atoms with E-state index < -0.39 is 34.1 Å². The lowest BCUT2D eigenvalue weighted by molar-refractivity contribution is -0.384. The van der Waals surface area contributed by atoms with E-state index in [1.54, 1.807) is 6.08 Å². The molecule has 2 aromatic rings. The number of nitrogen functional groups attached to an aromatic ring is 1. The number of nitro groups is 1. The Bertz CT molecular complexity index is 1280. The van der Waals surface area contributed by atoms with Crippen molar-refractivity contribution in [2.45, 2.75) is 18.0 Å². The molecule has 4 rings (SSSR count). The zero-order valence-corrected chi connectivity index (χ0v) is 19.5. The van der Waals surface area contributed by atoms with Gasteiger partial charge in [0.05, 0.1) is 4.92 Å². The number of benzene rings is 1. The van der Waals surface area contributed by atoms with Crippen molar-refractivity contribution in [2.75, 3.05) is 18.6 Å². The Morgan fingerprint density at radius 1 is 1.33 bits per heavy atom. The third-order valence-corrected chi connectivity index (χ3v) is 6.33. The Morgan fingerprint density at radius 3 is 2.75 bits per heavy atom. The quantitative estimate of drug-likeness (QED) is 0.163. The number of carbonyl (C=O) groups is 3. The molecular weight excluding hydrogens is 494 g/mol. The van der Waals surface area contributed by atoms with Gasteiger partial charge in [-0.25, -0.2) is 14.8 Å². The van der Waals surface area contributed by atoms with Gasteiger partial charge in [-0.2, -0.15) is 0 Å². The van der Waals surface area contributed by atoms with Gasteiger partial charge in [0.1, 0.15) is 36.6 Å². The average Bonchev–Trinajstić information content (AvgIpc) is 2.88. The van der Waals surface area contributed by atoms with Crippen molar-refractivity contribution in [2.24, 2.45) is 5.16 Å². The van der Waals surface area contributed by atoms with Gasteiger partial charge in [0.25, 0.3) is 17.5 Å². The maximum Gasteiger partial charge on any atom is 0.355 e. The normalized spacial score (nSPS) is 18.9. The maximum atomic E-state index is 12.9. The van der Waals surface area contributed by atoms with Crippen LogP contribution in [0.25, 0.3) is 0 Å². The molecule has 0 saturated carbocycles. The van der Waals surface area contributed by atoms with E-state index in [9.17, 15) is 24.5 Å². The number of ether oxygens (including phenoxy) is 1. The van der Waals surface area contributed by atoms with E-state index in [2.05, 4.69) is 20.4 Å². The SMILES string of the molecule is CO/N=C(\C(=O)NC1C(=O)N2C(C(=O)OCc3ccc([N+](=O)[O-])cc3)=CCS[C@H]12)c1nccc(N)n1. The fraction of sp³-hybridized carbons (Fsp3) is 0.238. The van der Waals surface area contributed by atoms with E-state index in [-0.39, 0.29) is 35.3 Å². The molecule has 1 fully saturated rings. The molecule has 36 heavy (non-hydrogen) atoms. The van der Waals surface area contributed by atoms with Crippen molar-refractivity contribution in [3.63, 3.8) is 0 Å². The van der Waals surface area contributed by atoms with Crippen molar-refractivity contribution < 1.29 is 28.9 Å². The van der Waals surface area contributed by atoms with E-state index in [1.165, 1.54) is 60.3 Å². The summed E-state index contributed by atoms with van der Waals surface area (Å²) in [5.74, 6) is -1.55. The predicted octanol–water partition coefficient (Wildman–Crippen LogP) is 0.345. The van der Waals surface area contributed by atoms with Crippen LogP contribution in [-0.2, 0) is 30.6 Å². The van der Waals surface area contributed by atoms with Gasteiger partial charge in [-0.15, -0.1) is 11.8 Å². The number of anilines is 1. The standard InChI is InChI=1S/C21H19N7O7S/c1-34-26-15(17-23-8-6-14(22)24-17)18(29)25-16-19(30)27-13(7-9-36-20(16)27)21(31)35-10-11-2-4-12(5-3-11)28(32)33/h2-8,16,20H,9-10H2,1H3,(H,25,29)(H2,22,23,24)/b26-15-/t16?,20-/m1/s1. The zero-order valence-electron chi connectivity index (χ0n) is 18.7. The number of nitro benzene ring substituents is 1. The number of hydrogen-bond acceptors (Lipinski definition) is 12. The Hall–Kier alpha value is -4.53. The third kappa shape index (κ3) is 4.95. The molecule has 186 valence electrons. The number of carbonyl (C=O) groups excluding carboxylic acids is 3. The minimum Gasteiger partial charge on any atom is -0.456 e. The Labute approximate surface area is 207 Å². The highest BCUT2D eigenvalue weighted by molar-refractivity contribution is 8.00. The Kier molecular flexibility index (Phi) is 7.10. The second-order valence-corrected chi connectivity index (χ2v) is 8.55. The summed E-state index contributed by atoms with van der Waals surface area (Å²) in [5.41, 5.74) is 5.90. The number of aromatic nitrogens is 2. The van der Waals surface area contributed by atoms with Crippen molar-refractivity contribution in [1.82, 2.24) is 20.2 Å². The molecule has 2 amide bonds. The van der Waals surface area contributed by atoms with Crippen LogP contribution >= 0.6 is 11.8 Å². The van der Waals surface area contributed by atoms with E-state index in [0.29, 0.717) is 11.3 Å². The van der Waals surface area contributed by atoms with Gasteiger partial charge < -0.3 is 20.6 Å². The molecule has 2 aliphatic rings. The number of fused-ring (bicyclic) bond motifs is 1. The third-order valence-electron chi connectivity index (χ3n) is 5.15. The molecule has 1 aromatic heterocycles. The minimum absolute atomic E-state index is 0.0566. The van der Waals surface area contributed by atoms with Gasteiger partial charge >= 0.3 is 5.97 Å². The van der Waals surface area contributed by atoms with Crippen LogP contribution in [0.15, 0.2) is 53.5 Å². The lowest BCUT2D eigenvalue weighted by atomic mass is 10.0. The number of rotatable bonds is 8. The summed E-state index contributed by atoms with van der Waals surface area (Å²) < 4.78 is 5.29. The molecule has 1 saturated heterocycles. The molecule has 0 radical (unpaired) electrons. The topological polar surface area (TPSA) is 192 Å². The van der Waals surface area contributed by atoms with Crippen LogP contribution in [0.2, 0.25) is 0 Å². The molecule has 3 heterocycles. The van der Waals surface area contributed by atoms with Gasteiger partial charge in [0.2, 0.25) is 5.71 Å². The summed E-state index contributed by atoms with van der Waals surface area (Å²) in [5, 5.41) is 16.5. The first kappa shape index (κ1) is 24.6. The number of nitrogens with two attached hydrogens (primary N) is 1. The van der Waals surface area contributed by atoms with E-state index in [4.69, 9.17) is 15.3 Å². The second kappa shape index (κ2) is 10.4. The number of thioether (sulfide) groups is 1. The Balaban J connectivity index is 1.39. The van der Waals surface area contributed by atoms with Crippen LogP contribution in [0.3, 0.4) is 0 Å². The minimum atomic E-state index is -0.934. The van der Waals surface area contributed by atoms with E-state index in [0.717, 1.165) is 0 Å². The van der Waals surface area contributed by atoms with Gasteiger partial charge in [0, 0.05) is 24.1 Å². The highest BCUT2D eigenvalue weighted by Crippen LogP contribution is 2.38. The molecule has 14 nitrogen and oxygen atoms in total. The van der Waals surface area contributed by atoms with Crippen LogP contribution in [0.5, 0.6) is 0 Å². The van der Waals surface area contributed by atoms with Crippen LogP contribution in [-0.4, -0.2) is 67.6 Å². The molecule has 1 unspecified atom stereocenters. The first-order valence-corrected chi connectivity index (χ1v) is 11.4. The lowest BCUT2D eigenvalue weighted by Crippen LogP contribution is -2.70. The average molecular weight is 513 g/mol. The summed E-state index contributed by atoms with van der Waals surface area (Å²) in [7, 11) is 1.24. The number of non-ortho nitro benzene ring substituents is 1. The summed E-state index contributed by atoms with van der Waals surface area (Å²) in [6.07, 6.45) is 2.91. The predicted molar refractivity (Wildman–Crippen MR) is 126 cm³/mol. The van der Waals surface area contributed by atoms with Crippen molar-refractivity contribution in [3.05, 3.63) is 69.8 Å². The molecule has 0 bridgehead atoms. The maximum absolute atomic E-state index is 12.9. The molecule has 2 atom stereocenters. The van der Waals surface area contributed by atoms with Crippen molar-refractivity contribution >= 4 is 46.8 Å². The molecule has 3 N–H and O–H groups in total. The highest BCUT2D eigenvalue weighted by Gasteiger charge is 2.53. The van der Waals surface area contributed by atoms with Gasteiger partial charge in [0.15, 0.2) is 5.82 Å². The number of nitrogens with one attached hydrogen (secondary N) is 1. The fourth-order valence-corrected chi connectivity index (χ4v) is 4.63. The summed E-state index contributed by atoms with van der Waals surface area (Å²) >= 11 is 1.35. The number of oxime groups is 1. The molecule has 2 aliphatic heterocycles. The number of esters is 1. The molecule has 1 aromatic carbocycles. The molecule has 0 spiro atoms. The van der Waals surface area contributed by atoms with Crippen LogP contribution in [0, 0.1) is 10.1 Å². The molecular formula is C21H19N7O7S. The van der Waals surface area contributed by atoms with Crippen LogP contribution in [0.4, 0.5) is 11.5 Å². The van der Waals surface area contributed by atoms with E-state index in [1.807, 2.05) is 0 Å². The lowest BCUT2D eigenvalue weighted by Gasteiger charge is -2.48. The largest absolute Gasteiger partial charge is 0.456 e. The van der Waals surface area contributed by atoms with Crippen LogP contribution in [0.1, 0.15) is 11.4 Å². The molecule has 0 aliphatic carbocycles. The zero-order chi connectivity index (χ0) is 25.8. The number of hydrogen-bond donors (Lipinski definition) is 2. The van der Waals surface area contributed by atoms with Crippen LogP contribution < -0.4 is 11.1 Å². The first-order valence-electron chi connectivity index (χ1n) is 10.4. The second-order valence-electron chi connectivity index (χ2n) is 7.40. The van der Waals surface area contributed by atoms with Gasteiger partial charge in [-0.05, 0) is 29.8 Å². The molecule has 15 heteroatoms. The van der Waals surface area contributed by atoms with Crippen molar-refractivity contribution in [3.8, 4) is 0 Å². The summed E-state index contributed by atoms with van der Waals surface area (Å²) in [6, 6.07) is 6.06. The van der Waals surface area contributed by atoms with Gasteiger partial charge in [-0.3, -0.25) is 24.6 Å². The van der Waals surface area contributed by atoms with Gasteiger partial charge in [-0.1, -0.05) is 5.16 Å². The number of β-lactam (4-membered cyclic amide) rings is 1. The smallest absolute Gasteiger partial charge is 0.355 e. The number of nitrogens with zero attached hydrogens (tertiary/aromatic N) is 5. The first-order chi connectivity index (χ1) is 17.3. The summed E-state index contributed by atoms with van der Waals surface area (Å²) in [6.45, 7) is -0.134. The monoisotopic (exact) mass is 513 g/mol.